The number of hydrogen-bond acceptors (Lipinski definition) is 1. The van der Waals surface area contributed by atoms with Crippen molar-refractivity contribution in [1.29, 1.82) is 0 Å². The molecule has 3 nitrogen and oxygen atoms in total. The van der Waals surface area contributed by atoms with E-state index >= 15 is 0 Å². The quantitative estimate of drug-likeness (QED) is 0.802. The average Bonchev–Trinajstić information content (AvgIpc) is 2.57. The summed E-state index contributed by atoms with van der Waals surface area (Å²) in [7, 11) is 0. The zero-order valence-electron chi connectivity index (χ0n) is 14.0. The van der Waals surface area contributed by atoms with Gasteiger partial charge in [-0.2, -0.15) is 0 Å². The molecule has 0 spiro atoms. The molecule has 2 aromatic rings. The fourth-order valence-corrected chi connectivity index (χ4v) is 2.51. The summed E-state index contributed by atoms with van der Waals surface area (Å²) in [5.41, 5.74) is 3.09. The summed E-state index contributed by atoms with van der Waals surface area (Å²) in [5, 5.41) is 4.68. The maximum atomic E-state index is 13.2. The van der Waals surface area contributed by atoms with Crippen LogP contribution in [-0.2, 0) is 11.2 Å². The SMILES string of the molecule is Cc1ccccc1CCNC(=O)C[NH2+][C@H](C)c1ccc(F)c(F)c1. The van der Waals surface area contributed by atoms with Crippen LogP contribution in [0.4, 0.5) is 8.78 Å². The normalized spacial score (nSPS) is 12.0. The molecule has 2 aromatic carbocycles. The molecule has 0 saturated carbocycles. The molecule has 2 rings (SSSR count). The smallest absolute Gasteiger partial charge is 0.275 e. The Morgan fingerprint density at radius 3 is 2.62 bits per heavy atom. The van der Waals surface area contributed by atoms with Crippen molar-refractivity contribution in [2.45, 2.75) is 26.3 Å². The molecule has 0 heterocycles. The molecule has 3 N–H and O–H groups in total. The molecule has 0 unspecified atom stereocenters. The van der Waals surface area contributed by atoms with Crippen molar-refractivity contribution in [3.05, 3.63) is 70.8 Å². The molecule has 0 aromatic heterocycles. The van der Waals surface area contributed by atoms with E-state index in [1.165, 1.54) is 23.3 Å². The number of amides is 1. The molecule has 0 saturated heterocycles. The monoisotopic (exact) mass is 333 g/mol. The molecule has 1 atom stereocenters. The molecule has 0 aliphatic rings. The Morgan fingerprint density at radius 2 is 1.92 bits per heavy atom. The van der Waals surface area contributed by atoms with Crippen LogP contribution in [0.5, 0.6) is 0 Å². The van der Waals surface area contributed by atoms with Gasteiger partial charge in [0.2, 0.25) is 0 Å². The number of rotatable bonds is 7. The minimum absolute atomic E-state index is 0.0713. The summed E-state index contributed by atoms with van der Waals surface area (Å²) in [6, 6.07) is 11.8. The number of carbonyl (C=O) groups is 1. The first-order valence-electron chi connectivity index (χ1n) is 8.07. The number of nitrogens with two attached hydrogens (primary N) is 1. The molecule has 24 heavy (non-hydrogen) atoms. The van der Waals surface area contributed by atoms with Crippen LogP contribution >= 0.6 is 0 Å². The highest BCUT2D eigenvalue weighted by molar-refractivity contribution is 5.76. The fourth-order valence-electron chi connectivity index (χ4n) is 2.51. The van der Waals surface area contributed by atoms with Gasteiger partial charge in [-0.15, -0.1) is 0 Å². The van der Waals surface area contributed by atoms with Gasteiger partial charge in [0.05, 0.1) is 0 Å². The predicted octanol–water partition coefficient (Wildman–Crippen LogP) is 2.26. The number of benzene rings is 2. The van der Waals surface area contributed by atoms with Crippen molar-refractivity contribution < 1.29 is 18.9 Å². The maximum absolute atomic E-state index is 13.2. The maximum Gasteiger partial charge on any atom is 0.275 e. The van der Waals surface area contributed by atoms with Crippen LogP contribution in [0.25, 0.3) is 0 Å². The van der Waals surface area contributed by atoms with E-state index in [0.717, 1.165) is 12.5 Å². The van der Waals surface area contributed by atoms with Gasteiger partial charge < -0.3 is 10.6 Å². The molecule has 5 heteroatoms. The molecule has 0 radical (unpaired) electrons. The standard InChI is InChI=1S/C19H22F2N2O/c1-13-5-3-4-6-15(13)9-10-22-19(24)12-23-14(2)16-7-8-17(20)18(21)11-16/h3-8,11,14,23H,9-10,12H2,1-2H3,(H,22,24)/p+1/t14-/m1/s1. The third-order valence-electron chi connectivity index (χ3n) is 4.10. The van der Waals surface area contributed by atoms with Crippen molar-refractivity contribution >= 4 is 5.91 Å². The summed E-state index contributed by atoms with van der Waals surface area (Å²) in [6.07, 6.45) is 0.789. The van der Waals surface area contributed by atoms with Crippen molar-refractivity contribution in [3.63, 3.8) is 0 Å². The Kier molecular flexibility index (Phi) is 6.44. The van der Waals surface area contributed by atoms with Crippen LogP contribution in [0.15, 0.2) is 42.5 Å². The van der Waals surface area contributed by atoms with Gasteiger partial charge in [-0.3, -0.25) is 4.79 Å². The van der Waals surface area contributed by atoms with E-state index in [4.69, 9.17) is 0 Å². The third-order valence-corrected chi connectivity index (χ3v) is 4.10. The Balaban J connectivity index is 1.74. The van der Waals surface area contributed by atoms with E-state index in [1.807, 2.05) is 19.1 Å². The Hall–Kier alpha value is -2.27. The number of aryl methyl sites for hydroxylation is 1. The summed E-state index contributed by atoms with van der Waals surface area (Å²) in [6.45, 7) is 4.73. The molecule has 0 aliphatic heterocycles. The van der Waals surface area contributed by atoms with Crippen LogP contribution in [0, 0.1) is 18.6 Å². The first-order valence-corrected chi connectivity index (χ1v) is 8.07. The van der Waals surface area contributed by atoms with Gasteiger partial charge >= 0.3 is 0 Å². The second kappa shape index (κ2) is 8.55. The van der Waals surface area contributed by atoms with Gasteiger partial charge in [-0.05, 0) is 49.6 Å². The number of hydrogen-bond donors (Lipinski definition) is 2. The van der Waals surface area contributed by atoms with Crippen LogP contribution in [0.3, 0.4) is 0 Å². The molecular formula is C19H23F2N2O+. The fraction of sp³-hybridized carbons (Fsp3) is 0.316. The molecule has 128 valence electrons. The lowest BCUT2D eigenvalue weighted by Gasteiger charge is -2.12. The zero-order valence-corrected chi connectivity index (χ0v) is 14.0. The van der Waals surface area contributed by atoms with E-state index in [9.17, 15) is 13.6 Å². The highest BCUT2D eigenvalue weighted by Gasteiger charge is 2.13. The van der Waals surface area contributed by atoms with Crippen molar-refractivity contribution in [3.8, 4) is 0 Å². The predicted molar refractivity (Wildman–Crippen MR) is 89.5 cm³/mol. The number of carbonyl (C=O) groups excluding carboxylic acids is 1. The number of halogens is 2. The highest BCUT2D eigenvalue weighted by Crippen LogP contribution is 2.13. The van der Waals surface area contributed by atoms with Crippen LogP contribution in [0.1, 0.15) is 29.7 Å². The Bertz CT molecular complexity index is 704. The van der Waals surface area contributed by atoms with Gasteiger partial charge in [-0.1, -0.05) is 24.3 Å². The van der Waals surface area contributed by atoms with E-state index in [1.54, 1.807) is 5.32 Å². The largest absolute Gasteiger partial charge is 0.351 e. The summed E-state index contributed by atoms with van der Waals surface area (Å²) in [4.78, 5) is 11.9. The van der Waals surface area contributed by atoms with Gasteiger partial charge in [0.1, 0.15) is 6.04 Å². The molecule has 0 fully saturated rings. The summed E-state index contributed by atoms with van der Waals surface area (Å²) in [5.74, 6) is -1.80. The third kappa shape index (κ3) is 5.13. The number of quaternary nitrogens is 1. The summed E-state index contributed by atoms with van der Waals surface area (Å²) >= 11 is 0. The van der Waals surface area contributed by atoms with Crippen molar-refractivity contribution in [1.82, 2.24) is 5.32 Å². The van der Waals surface area contributed by atoms with E-state index < -0.39 is 11.6 Å². The highest BCUT2D eigenvalue weighted by atomic mass is 19.2. The van der Waals surface area contributed by atoms with Gasteiger partial charge in [-0.25, -0.2) is 8.78 Å². The lowest BCUT2D eigenvalue weighted by Crippen LogP contribution is -2.87. The average molecular weight is 333 g/mol. The van der Waals surface area contributed by atoms with E-state index in [-0.39, 0.29) is 18.5 Å². The number of nitrogens with one attached hydrogen (secondary N) is 1. The van der Waals surface area contributed by atoms with E-state index in [2.05, 4.69) is 24.4 Å². The van der Waals surface area contributed by atoms with Gasteiger partial charge in [0.25, 0.3) is 5.91 Å². The summed E-state index contributed by atoms with van der Waals surface area (Å²) < 4.78 is 26.2. The topological polar surface area (TPSA) is 45.7 Å². The minimum Gasteiger partial charge on any atom is -0.351 e. The zero-order chi connectivity index (χ0) is 17.5. The van der Waals surface area contributed by atoms with E-state index in [0.29, 0.717) is 12.1 Å². The minimum atomic E-state index is -0.865. The first kappa shape index (κ1) is 18.1. The van der Waals surface area contributed by atoms with Crippen LogP contribution in [0.2, 0.25) is 0 Å². The van der Waals surface area contributed by atoms with Crippen LogP contribution < -0.4 is 10.6 Å². The van der Waals surface area contributed by atoms with Gasteiger partial charge in [0, 0.05) is 12.1 Å². The Labute approximate surface area is 141 Å². The molecule has 0 bridgehead atoms. The first-order chi connectivity index (χ1) is 11.5. The second-order valence-corrected chi connectivity index (χ2v) is 5.93. The van der Waals surface area contributed by atoms with Gasteiger partial charge in [0.15, 0.2) is 18.2 Å². The molecule has 1 amide bonds. The Morgan fingerprint density at radius 1 is 1.17 bits per heavy atom. The van der Waals surface area contributed by atoms with Crippen molar-refractivity contribution in [2.75, 3.05) is 13.1 Å². The van der Waals surface area contributed by atoms with Crippen molar-refractivity contribution in [2.24, 2.45) is 0 Å². The molecular weight excluding hydrogens is 310 g/mol. The lowest BCUT2D eigenvalue weighted by atomic mass is 10.1. The lowest BCUT2D eigenvalue weighted by molar-refractivity contribution is -0.682. The van der Waals surface area contributed by atoms with Crippen LogP contribution in [-0.4, -0.2) is 19.0 Å². The molecule has 0 aliphatic carbocycles. The second-order valence-electron chi connectivity index (χ2n) is 5.93.